The van der Waals surface area contributed by atoms with Crippen LogP contribution in [0, 0.1) is 0 Å². The van der Waals surface area contributed by atoms with Crippen molar-refractivity contribution in [2.45, 2.75) is 39.1 Å². The molecule has 1 aliphatic rings. The van der Waals surface area contributed by atoms with E-state index in [4.69, 9.17) is 14.5 Å². The van der Waals surface area contributed by atoms with Crippen LogP contribution >= 0.6 is 11.3 Å². The normalized spacial score (nSPS) is 20.8. The molecule has 1 aromatic heterocycles. The van der Waals surface area contributed by atoms with Crippen molar-refractivity contribution < 1.29 is 9.47 Å². The molecular weight excluding hydrogens is 274 g/mol. The molecule has 1 fully saturated rings. The fourth-order valence-corrected chi connectivity index (χ4v) is 3.50. The topological polar surface area (TPSA) is 46.6 Å². The van der Waals surface area contributed by atoms with Crippen LogP contribution in [-0.2, 0) is 22.6 Å². The Hall–Kier alpha value is -0.530. The van der Waals surface area contributed by atoms with Crippen LogP contribution in [0.2, 0.25) is 0 Å². The highest BCUT2D eigenvalue weighted by Crippen LogP contribution is 2.29. The maximum absolute atomic E-state index is 5.91. The molecule has 6 heteroatoms. The third-order valence-corrected chi connectivity index (χ3v) is 4.71. The van der Waals surface area contributed by atoms with Crippen LogP contribution in [0.25, 0.3) is 0 Å². The number of morpholine rings is 1. The fraction of sp³-hybridized carbons (Fsp3) is 0.786. The number of methoxy groups -OCH3 is 1. The summed E-state index contributed by atoms with van der Waals surface area (Å²) in [7, 11) is 3.66. The minimum absolute atomic E-state index is 0.0948. The van der Waals surface area contributed by atoms with Crippen LogP contribution in [0.15, 0.2) is 0 Å². The predicted octanol–water partition coefficient (Wildman–Crippen LogP) is 1.79. The van der Waals surface area contributed by atoms with Gasteiger partial charge in [0.05, 0.1) is 18.9 Å². The second-order valence-corrected chi connectivity index (χ2v) is 6.45. The first-order valence-corrected chi connectivity index (χ1v) is 7.95. The highest BCUT2D eigenvalue weighted by Gasteiger charge is 2.27. The van der Waals surface area contributed by atoms with Gasteiger partial charge in [0.25, 0.3) is 0 Å². The van der Waals surface area contributed by atoms with E-state index in [0.717, 1.165) is 36.9 Å². The van der Waals surface area contributed by atoms with Crippen molar-refractivity contribution in [3.05, 3.63) is 15.6 Å². The third-order valence-electron chi connectivity index (χ3n) is 3.52. The number of hydrogen-bond donors (Lipinski definition) is 1. The predicted molar refractivity (Wildman–Crippen MR) is 81.0 cm³/mol. The maximum atomic E-state index is 5.91. The highest BCUT2D eigenvalue weighted by atomic mass is 32.1. The highest BCUT2D eigenvalue weighted by molar-refractivity contribution is 7.11. The summed E-state index contributed by atoms with van der Waals surface area (Å²) in [6, 6.07) is 0.552. The Balaban J connectivity index is 2.12. The molecule has 1 aliphatic heterocycles. The molecule has 1 atom stereocenters. The van der Waals surface area contributed by atoms with Crippen molar-refractivity contribution in [1.29, 1.82) is 0 Å². The van der Waals surface area contributed by atoms with Crippen LogP contribution in [0.3, 0.4) is 0 Å². The SMILES string of the molecule is CNCc1sc(C2CN(C(C)C)CCO2)nc1COC. The molecule has 0 amide bonds. The van der Waals surface area contributed by atoms with E-state index in [0.29, 0.717) is 12.6 Å². The van der Waals surface area contributed by atoms with Crippen molar-refractivity contribution in [3.63, 3.8) is 0 Å². The molecule has 1 saturated heterocycles. The zero-order valence-electron chi connectivity index (χ0n) is 12.8. The van der Waals surface area contributed by atoms with Crippen LogP contribution in [0.5, 0.6) is 0 Å². The average molecular weight is 299 g/mol. The van der Waals surface area contributed by atoms with Gasteiger partial charge < -0.3 is 14.8 Å². The van der Waals surface area contributed by atoms with Crippen LogP contribution in [0.1, 0.15) is 35.5 Å². The van der Waals surface area contributed by atoms with Crippen LogP contribution < -0.4 is 5.32 Å². The van der Waals surface area contributed by atoms with E-state index in [2.05, 4.69) is 24.1 Å². The van der Waals surface area contributed by atoms with Gasteiger partial charge in [0.15, 0.2) is 0 Å². The van der Waals surface area contributed by atoms with Gasteiger partial charge in [0.1, 0.15) is 11.1 Å². The first-order chi connectivity index (χ1) is 9.65. The van der Waals surface area contributed by atoms with E-state index in [1.807, 2.05) is 7.05 Å². The fourth-order valence-electron chi connectivity index (χ4n) is 2.38. The van der Waals surface area contributed by atoms with Crippen LogP contribution in [-0.4, -0.2) is 49.8 Å². The van der Waals surface area contributed by atoms with Gasteiger partial charge in [-0.15, -0.1) is 11.3 Å². The molecule has 1 N–H and O–H groups in total. The number of rotatable bonds is 6. The zero-order chi connectivity index (χ0) is 14.5. The van der Waals surface area contributed by atoms with Crippen molar-refractivity contribution in [2.24, 2.45) is 0 Å². The van der Waals surface area contributed by atoms with E-state index in [-0.39, 0.29) is 6.10 Å². The Morgan fingerprint density at radius 2 is 2.35 bits per heavy atom. The number of nitrogens with zero attached hydrogens (tertiary/aromatic N) is 2. The van der Waals surface area contributed by atoms with Crippen molar-refractivity contribution in [3.8, 4) is 0 Å². The molecule has 5 nitrogen and oxygen atoms in total. The number of aromatic nitrogens is 1. The summed E-state index contributed by atoms with van der Waals surface area (Å²) in [5.41, 5.74) is 1.03. The number of thiazole rings is 1. The van der Waals surface area contributed by atoms with Gasteiger partial charge in [-0.2, -0.15) is 0 Å². The van der Waals surface area contributed by atoms with E-state index < -0.39 is 0 Å². The summed E-state index contributed by atoms with van der Waals surface area (Å²) in [6.45, 7) is 8.57. The summed E-state index contributed by atoms with van der Waals surface area (Å²) in [6.07, 6.45) is 0.0948. The van der Waals surface area contributed by atoms with Gasteiger partial charge in [-0.05, 0) is 20.9 Å². The molecular formula is C14H25N3O2S. The smallest absolute Gasteiger partial charge is 0.124 e. The third kappa shape index (κ3) is 3.77. The van der Waals surface area contributed by atoms with Gasteiger partial charge in [0, 0.05) is 37.7 Å². The average Bonchev–Trinajstić information content (AvgIpc) is 2.83. The Bertz CT molecular complexity index is 399. The summed E-state index contributed by atoms with van der Waals surface area (Å²) in [5, 5.41) is 4.27. The second kappa shape index (κ2) is 7.47. The quantitative estimate of drug-likeness (QED) is 0.868. The first-order valence-electron chi connectivity index (χ1n) is 7.13. The van der Waals surface area contributed by atoms with Gasteiger partial charge in [-0.25, -0.2) is 4.98 Å². The Morgan fingerprint density at radius 1 is 1.55 bits per heavy atom. The monoisotopic (exact) mass is 299 g/mol. The molecule has 114 valence electrons. The van der Waals surface area contributed by atoms with E-state index in [9.17, 15) is 0 Å². The van der Waals surface area contributed by atoms with Gasteiger partial charge in [-0.1, -0.05) is 0 Å². The van der Waals surface area contributed by atoms with Crippen molar-refractivity contribution in [2.75, 3.05) is 33.9 Å². The lowest BCUT2D eigenvalue weighted by molar-refractivity contribution is -0.0403. The molecule has 0 radical (unpaired) electrons. The Kier molecular flexibility index (Phi) is 5.92. The molecule has 0 bridgehead atoms. The van der Waals surface area contributed by atoms with Gasteiger partial charge in [-0.3, -0.25) is 4.90 Å². The molecule has 2 heterocycles. The molecule has 2 rings (SSSR count). The molecule has 0 spiro atoms. The summed E-state index contributed by atoms with van der Waals surface area (Å²) >= 11 is 1.74. The van der Waals surface area contributed by atoms with Gasteiger partial charge >= 0.3 is 0 Å². The van der Waals surface area contributed by atoms with E-state index in [1.165, 1.54) is 4.88 Å². The van der Waals surface area contributed by atoms with E-state index >= 15 is 0 Å². The Morgan fingerprint density at radius 3 is 3.00 bits per heavy atom. The van der Waals surface area contributed by atoms with Crippen molar-refractivity contribution >= 4 is 11.3 Å². The molecule has 1 aromatic rings. The minimum Gasteiger partial charge on any atom is -0.378 e. The zero-order valence-corrected chi connectivity index (χ0v) is 13.6. The number of nitrogens with one attached hydrogen (secondary N) is 1. The second-order valence-electron chi connectivity index (χ2n) is 5.33. The molecule has 0 aliphatic carbocycles. The van der Waals surface area contributed by atoms with E-state index in [1.54, 1.807) is 18.4 Å². The molecule has 20 heavy (non-hydrogen) atoms. The maximum Gasteiger partial charge on any atom is 0.124 e. The number of ether oxygens (including phenoxy) is 2. The summed E-state index contributed by atoms with van der Waals surface area (Å²) in [5.74, 6) is 0. The standard InChI is InChI=1S/C14H25N3O2S/c1-10(2)17-5-6-19-12(8-17)14-16-11(9-18-4)13(20-14)7-15-3/h10,12,15H,5-9H2,1-4H3. The number of hydrogen-bond acceptors (Lipinski definition) is 6. The molecule has 0 saturated carbocycles. The molecule has 1 unspecified atom stereocenters. The lowest BCUT2D eigenvalue weighted by Gasteiger charge is -2.34. The Labute approximate surface area is 125 Å². The minimum atomic E-state index is 0.0948. The lowest BCUT2D eigenvalue weighted by atomic mass is 10.2. The summed E-state index contributed by atoms with van der Waals surface area (Å²) in [4.78, 5) is 8.43. The molecule has 0 aromatic carbocycles. The summed E-state index contributed by atoms with van der Waals surface area (Å²) < 4.78 is 11.2. The largest absolute Gasteiger partial charge is 0.378 e. The lowest BCUT2D eigenvalue weighted by Crippen LogP contribution is -2.42. The first kappa shape index (κ1) is 15.9. The van der Waals surface area contributed by atoms with Crippen molar-refractivity contribution in [1.82, 2.24) is 15.2 Å². The van der Waals surface area contributed by atoms with Gasteiger partial charge in [0.2, 0.25) is 0 Å². The van der Waals surface area contributed by atoms with Crippen LogP contribution in [0.4, 0.5) is 0 Å².